The summed E-state index contributed by atoms with van der Waals surface area (Å²) in [6.07, 6.45) is -3.16. The number of alkyl halides is 2. The van der Waals surface area contributed by atoms with Crippen LogP contribution >= 0.6 is 0 Å². The SMILES string of the molecule is COC(=O)c1cc(N)nc(F)c1C(F)F. The highest BCUT2D eigenvalue weighted by Crippen LogP contribution is 2.26. The number of aromatic nitrogens is 1. The Morgan fingerprint density at radius 3 is 2.67 bits per heavy atom. The van der Waals surface area contributed by atoms with Crippen molar-refractivity contribution in [1.29, 1.82) is 0 Å². The number of nitrogen functional groups attached to an aromatic ring is 1. The predicted molar refractivity (Wildman–Crippen MR) is 44.9 cm³/mol. The molecule has 0 aromatic carbocycles. The third-order valence-corrected chi connectivity index (χ3v) is 1.66. The lowest BCUT2D eigenvalue weighted by atomic mass is 10.1. The number of carbonyl (C=O) groups excluding carboxylic acids is 1. The third-order valence-electron chi connectivity index (χ3n) is 1.66. The molecule has 0 aliphatic carbocycles. The first-order valence-electron chi connectivity index (χ1n) is 3.79. The van der Waals surface area contributed by atoms with E-state index in [0.717, 1.165) is 13.2 Å². The van der Waals surface area contributed by atoms with E-state index in [-0.39, 0.29) is 5.82 Å². The molecule has 82 valence electrons. The molecule has 1 aromatic heterocycles. The lowest BCUT2D eigenvalue weighted by Gasteiger charge is -2.08. The highest BCUT2D eigenvalue weighted by Gasteiger charge is 2.25. The molecule has 0 fully saturated rings. The highest BCUT2D eigenvalue weighted by molar-refractivity contribution is 5.91. The van der Waals surface area contributed by atoms with Crippen molar-refractivity contribution in [3.63, 3.8) is 0 Å². The number of nitrogens with two attached hydrogens (primary N) is 1. The van der Waals surface area contributed by atoms with Gasteiger partial charge in [0.2, 0.25) is 5.95 Å². The number of ether oxygens (including phenoxy) is 1. The van der Waals surface area contributed by atoms with Crippen molar-refractivity contribution in [2.45, 2.75) is 6.43 Å². The Morgan fingerprint density at radius 2 is 2.20 bits per heavy atom. The molecule has 0 saturated heterocycles. The Labute approximate surface area is 82.9 Å². The number of carbonyl (C=O) groups is 1. The standard InChI is InChI=1S/C8H7F3N2O2/c1-15-8(14)3-2-4(12)13-7(11)5(3)6(9)10/h2,6H,1H3,(H2,12,13). The van der Waals surface area contributed by atoms with Crippen LogP contribution in [0.25, 0.3) is 0 Å². The molecular formula is C8H7F3N2O2. The molecule has 0 aliphatic heterocycles. The van der Waals surface area contributed by atoms with Crippen molar-refractivity contribution in [3.05, 3.63) is 23.1 Å². The second kappa shape index (κ2) is 4.16. The number of anilines is 1. The minimum absolute atomic E-state index is 0.364. The maximum absolute atomic E-state index is 13.0. The van der Waals surface area contributed by atoms with Gasteiger partial charge in [0.25, 0.3) is 6.43 Å². The summed E-state index contributed by atoms with van der Waals surface area (Å²) in [5.41, 5.74) is 3.40. The average molecular weight is 220 g/mol. The molecule has 0 spiro atoms. The minimum Gasteiger partial charge on any atom is -0.465 e. The first-order chi connectivity index (χ1) is 6.97. The van der Waals surface area contributed by atoms with Crippen LogP contribution in [0.15, 0.2) is 6.07 Å². The van der Waals surface area contributed by atoms with Crippen molar-refractivity contribution in [3.8, 4) is 0 Å². The molecule has 0 amide bonds. The molecule has 0 bridgehead atoms. The van der Waals surface area contributed by atoms with E-state index in [1.165, 1.54) is 0 Å². The number of esters is 1. The highest BCUT2D eigenvalue weighted by atomic mass is 19.3. The number of nitrogens with zero attached hydrogens (tertiary/aromatic N) is 1. The van der Waals surface area contributed by atoms with Crippen LogP contribution in [-0.4, -0.2) is 18.1 Å². The minimum atomic E-state index is -3.16. The summed E-state index contributed by atoms with van der Waals surface area (Å²) in [6.45, 7) is 0. The van der Waals surface area contributed by atoms with Crippen LogP contribution in [0.4, 0.5) is 19.0 Å². The Morgan fingerprint density at radius 1 is 1.60 bits per heavy atom. The molecule has 1 heterocycles. The molecule has 0 saturated carbocycles. The Balaban J connectivity index is 3.40. The molecular weight excluding hydrogens is 213 g/mol. The number of methoxy groups -OCH3 is 1. The molecule has 2 N–H and O–H groups in total. The quantitative estimate of drug-likeness (QED) is 0.606. The molecule has 0 radical (unpaired) electrons. The van der Waals surface area contributed by atoms with Crippen LogP contribution in [0.1, 0.15) is 22.3 Å². The van der Waals surface area contributed by atoms with Gasteiger partial charge in [0.1, 0.15) is 5.82 Å². The second-order valence-electron chi connectivity index (χ2n) is 2.59. The van der Waals surface area contributed by atoms with Crippen molar-refractivity contribution in [1.82, 2.24) is 4.98 Å². The lowest BCUT2D eigenvalue weighted by Crippen LogP contribution is -2.11. The van der Waals surface area contributed by atoms with Gasteiger partial charge in [-0.3, -0.25) is 0 Å². The second-order valence-corrected chi connectivity index (χ2v) is 2.59. The zero-order valence-electron chi connectivity index (χ0n) is 7.63. The van der Waals surface area contributed by atoms with Gasteiger partial charge in [-0.2, -0.15) is 4.39 Å². The number of halogens is 3. The first-order valence-corrected chi connectivity index (χ1v) is 3.79. The van der Waals surface area contributed by atoms with E-state index >= 15 is 0 Å². The number of hydrogen-bond acceptors (Lipinski definition) is 4. The zero-order valence-corrected chi connectivity index (χ0v) is 7.63. The van der Waals surface area contributed by atoms with Crippen LogP contribution < -0.4 is 5.73 Å². The van der Waals surface area contributed by atoms with E-state index in [1.807, 2.05) is 0 Å². The van der Waals surface area contributed by atoms with Crippen LogP contribution in [0.5, 0.6) is 0 Å². The molecule has 4 nitrogen and oxygen atoms in total. The van der Waals surface area contributed by atoms with Crippen LogP contribution in [0, 0.1) is 5.95 Å². The third kappa shape index (κ3) is 2.17. The normalized spacial score (nSPS) is 10.5. The fourth-order valence-corrected chi connectivity index (χ4v) is 1.03. The predicted octanol–water partition coefficient (Wildman–Crippen LogP) is 1.53. The van der Waals surface area contributed by atoms with Crippen LogP contribution in [0.2, 0.25) is 0 Å². The number of hydrogen-bond donors (Lipinski definition) is 1. The summed E-state index contributed by atoms with van der Waals surface area (Å²) in [4.78, 5) is 14.0. The van der Waals surface area contributed by atoms with Gasteiger partial charge in [0, 0.05) is 0 Å². The number of pyridine rings is 1. The van der Waals surface area contributed by atoms with Gasteiger partial charge in [-0.1, -0.05) is 0 Å². The van der Waals surface area contributed by atoms with Gasteiger partial charge >= 0.3 is 5.97 Å². The summed E-state index contributed by atoms with van der Waals surface area (Å²) in [7, 11) is 0.992. The van der Waals surface area contributed by atoms with Gasteiger partial charge in [-0.15, -0.1) is 0 Å². The number of rotatable bonds is 2. The molecule has 0 aliphatic rings. The fourth-order valence-electron chi connectivity index (χ4n) is 1.03. The van der Waals surface area contributed by atoms with E-state index < -0.39 is 29.5 Å². The Hall–Kier alpha value is -1.79. The smallest absolute Gasteiger partial charge is 0.338 e. The van der Waals surface area contributed by atoms with E-state index in [9.17, 15) is 18.0 Å². The largest absolute Gasteiger partial charge is 0.465 e. The molecule has 15 heavy (non-hydrogen) atoms. The topological polar surface area (TPSA) is 65.2 Å². The van der Waals surface area contributed by atoms with Gasteiger partial charge in [0.05, 0.1) is 18.2 Å². The van der Waals surface area contributed by atoms with Gasteiger partial charge in [0.15, 0.2) is 0 Å². The summed E-state index contributed by atoms with van der Waals surface area (Å²) in [5, 5.41) is 0. The van der Waals surface area contributed by atoms with E-state index in [2.05, 4.69) is 9.72 Å². The lowest BCUT2D eigenvalue weighted by molar-refractivity contribution is 0.0586. The maximum atomic E-state index is 13.0. The van der Waals surface area contributed by atoms with Crippen molar-refractivity contribution >= 4 is 11.8 Å². The maximum Gasteiger partial charge on any atom is 0.338 e. The van der Waals surface area contributed by atoms with Gasteiger partial charge in [-0.25, -0.2) is 18.6 Å². The molecule has 0 unspecified atom stereocenters. The molecule has 0 atom stereocenters. The van der Waals surface area contributed by atoms with E-state index in [0.29, 0.717) is 0 Å². The summed E-state index contributed by atoms with van der Waals surface area (Å²) < 4.78 is 42.0. The van der Waals surface area contributed by atoms with Crippen LogP contribution in [-0.2, 0) is 4.74 Å². The van der Waals surface area contributed by atoms with Gasteiger partial charge < -0.3 is 10.5 Å². The Bertz CT molecular complexity index is 396. The van der Waals surface area contributed by atoms with Crippen molar-refractivity contribution in [2.75, 3.05) is 12.8 Å². The van der Waals surface area contributed by atoms with E-state index in [4.69, 9.17) is 5.73 Å². The van der Waals surface area contributed by atoms with Crippen molar-refractivity contribution in [2.24, 2.45) is 0 Å². The summed E-state index contributed by atoms with van der Waals surface area (Å²) in [6, 6.07) is 0.844. The molecule has 1 aromatic rings. The summed E-state index contributed by atoms with van der Waals surface area (Å²) in [5.74, 6) is -2.92. The zero-order chi connectivity index (χ0) is 11.6. The fraction of sp³-hybridized carbons (Fsp3) is 0.250. The molecule has 1 rings (SSSR count). The average Bonchev–Trinajstić information content (AvgIpc) is 2.14. The van der Waals surface area contributed by atoms with Gasteiger partial charge in [-0.05, 0) is 6.07 Å². The molecule has 7 heteroatoms. The van der Waals surface area contributed by atoms with E-state index in [1.54, 1.807) is 0 Å². The van der Waals surface area contributed by atoms with Crippen molar-refractivity contribution < 1.29 is 22.7 Å². The Kier molecular flexibility index (Phi) is 3.13. The monoisotopic (exact) mass is 220 g/mol. The van der Waals surface area contributed by atoms with Crippen LogP contribution in [0.3, 0.4) is 0 Å². The summed E-state index contributed by atoms with van der Waals surface area (Å²) >= 11 is 0. The first kappa shape index (κ1) is 11.3.